The lowest BCUT2D eigenvalue weighted by Crippen LogP contribution is -2.43. The SMILES string of the molecule is COC(=O)c1cccc2c1OCC(CO)N2c1ccc(C)cn1. The third-order valence-electron chi connectivity index (χ3n) is 3.80. The van der Waals surface area contributed by atoms with Crippen LogP contribution >= 0.6 is 0 Å². The molecule has 0 aliphatic carbocycles. The van der Waals surface area contributed by atoms with Crippen molar-refractivity contribution in [2.24, 2.45) is 0 Å². The molecule has 0 amide bonds. The second-order valence-electron chi connectivity index (χ2n) is 5.36. The van der Waals surface area contributed by atoms with Gasteiger partial charge >= 0.3 is 5.97 Å². The number of aryl methyl sites for hydroxylation is 1. The second-order valence-corrected chi connectivity index (χ2v) is 5.36. The van der Waals surface area contributed by atoms with Gasteiger partial charge < -0.3 is 19.5 Å². The molecule has 0 bridgehead atoms. The van der Waals surface area contributed by atoms with Crippen LogP contribution in [0.5, 0.6) is 5.75 Å². The summed E-state index contributed by atoms with van der Waals surface area (Å²) < 4.78 is 10.5. The Morgan fingerprint density at radius 1 is 1.43 bits per heavy atom. The fourth-order valence-electron chi connectivity index (χ4n) is 2.64. The van der Waals surface area contributed by atoms with Gasteiger partial charge in [0, 0.05) is 6.20 Å². The Morgan fingerprint density at radius 2 is 2.26 bits per heavy atom. The van der Waals surface area contributed by atoms with Crippen LogP contribution in [0, 0.1) is 6.92 Å². The molecule has 0 spiro atoms. The average molecular weight is 314 g/mol. The molecular weight excluding hydrogens is 296 g/mol. The van der Waals surface area contributed by atoms with Gasteiger partial charge in [-0.3, -0.25) is 0 Å². The number of hydrogen-bond acceptors (Lipinski definition) is 6. The van der Waals surface area contributed by atoms with Gasteiger partial charge in [0.05, 0.1) is 25.4 Å². The molecule has 1 aromatic carbocycles. The van der Waals surface area contributed by atoms with Crippen LogP contribution in [-0.2, 0) is 4.74 Å². The van der Waals surface area contributed by atoms with E-state index < -0.39 is 5.97 Å². The molecule has 6 nitrogen and oxygen atoms in total. The molecule has 1 aliphatic heterocycles. The monoisotopic (exact) mass is 314 g/mol. The highest BCUT2D eigenvalue weighted by atomic mass is 16.5. The third kappa shape index (κ3) is 2.73. The number of methoxy groups -OCH3 is 1. The molecule has 0 fully saturated rings. The van der Waals surface area contributed by atoms with Crippen molar-refractivity contribution >= 4 is 17.5 Å². The molecule has 3 rings (SSSR count). The standard InChI is InChI=1S/C17H18N2O4/c1-11-6-7-15(18-8-11)19-12(9-20)10-23-16-13(17(21)22-2)4-3-5-14(16)19/h3-8,12,20H,9-10H2,1-2H3. The van der Waals surface area contributed by atoms with E-state index in [1.54, 1.807) is 18.3 Å². The number of fused-ring (bicyclic) bond motifs is 1. The van der Waals surface area contributed by atoms with Crippen LogP contribution in [0.2, 0.25) is 0 Å². The quantitative estimate of drug-likeness (QED) is 0.875. The number of ether oxygens (including phenoxy) is 2. The van der Waals surface area contributed by atoms with E-state index in [1.807, 2.05) is 30.0 Å². The van der Waals surface area contributed by atoms with Gasteiger partial charge in [0.15, 0.2) is 5.75 Å². The second kappa shape index (κ2) is 6.26. The van der Waals surface area contributed by atoms with Crippen LogP contribution in [0.25, 0.3) is 0 Å². The zero-order valence-corrected chi connectivity index (χ0v) is 13.0. The van der Waals surface area contributed by atoms with E-state index in [1.165, 1.54) is 7.11 Å². The first-order valence-corrected chi connectivity index (χ1v) is 7.32. The van der Waals surface area contributed by atoms with E-state index in [4.69, 9.17) is 9.47 Å². The summed E-state index contributed by atoms with van der Waals surface area (Å²) in [5.74, 6) is 0.689. The fourth-order valence-corrected chi connectivity index (χ4v) is 2.64. The highest BCUT2D eigenvalue weighted by Crippen LogP contribution is 2.40. The lowest BCUT2D eigenvalue weighted by Gasteiger charge is -2.37. The number of aromatic nitrogens is 1. The van der Waals surface area contributed by atoms with Crippen molar-refractivity contribution in [3.63, 3.8) is 0 Å². The maximum absolute atomic E-state index is 11.9. The molecule has 23 heavy (non-hydrogen) atoms. The molecule has 1 aliphatic rings. The van der Waals surface area contributed by atoms with Gasteiger partial charge in [-0.15, -0.1) is 0 Å². The summed E-state index contributed by atoms with van der Waals surface area (Å²) in [6.45, 7) is 2.13. The fraction of sp³-hybridized carbons (Fsp3) is 0.294. The average Bonchev–Trinajstić information content (AvgIpc) is 2.60. The van der Waals surface area contributed by atoms with Gasteiger partial charge in [-0.1, -0.05) is 12.1 Å². The number of carbonyl (C=O) groups is 1. The van der Waals surface area contributed by atoms with Crippen molar-refractivity contribution in [2.45, 2.75) is 13.0 Å². The van der Waals surface area contributed by atoms with E-state index in [9.17, 15) is 9.90 Å². The minimum Gasteiger partial charge on any atom is -0.488 e. The predicted octanol–water partition coefficient (Wildman–Crippen LogP) is 2.07. The van der Waals surface area contributed by atoms with E-state index in [2.05, 4.69) is 4.98 Å². The molecular formula is C17H18N2O4. The molecule has 2 aromatic rings. The van der Waals surface area contributed by atoms with Gasteiger partial charge in [-0.2, -0.15) is 0 Å². The highest BCUT2D eigenvalue weighted by Gasteiger charge is 2.32. The van der Waals surface area contributed by atoms with Crippen LogP contribution in [0.15, 0.2) is 36.5 Å². The number of para-hydroxylation sites is 1. The van der Waals surface area contributed by atoms with E-state index in [0.717, 1.165) is 5.56 Å². The van der Waals surface area contributed by atoms with Gasteiger partial charge in [0.25, 0.3) is 0 Å². The van der Waals surface area contributed by atoms with Crippen LogP contribution in [0.1, 0.15) is 15.9 Å². The van der Waals surface area contributed by atoms with Crippen LogP contribution in [0.3, 0.4) is 0 Å². The van der Waals surface area contributed by atoms with E-state index in [0.29, 0.717) is 22.8 Å². The Kier molecular flexibility index (Phi) is 4.16. The molecule has 0 saturated carbocycles. The lowest BCUT2D eigenvalue weighted by molar-refractivity contribution is 0.0594. The Hall–Kier alpha value is -2.60. The number of rotatable bonds is 3. The number of aliphatic hydroxyl groups is 1. The summed E-state index contributed by atoms with van der Waals surface area (Å²) in [4.78, 5) is 18.3. The molecule has 1 unspecified atom stereocenters. The van der Waals surface area contributed by atoms with Gasteiger partial charge in [-0.05, 0) is 30.7 Å². The van der Waals surface area contributed by atoms with Crippen LogP contribution in [-0.4, -0.2) is 42.4 Å². The summed E-state index contributed by atoms with van der Waals surface area (Å²) in [7, 11) is 1.33. The molecule has 2 heterocycles. The number of anilines is 2. The topological polar surface area (TPSA) is 71.9 Å². The summed E-state index contributed by atoms with van der Waals surface area (Å²) in [5.41, 5.74) is 2.10. The van der Waals surface area contributed by atoms with Gasteiger partial charge in [0.2, 0.25) is 0 Å². The Morgan fingerprint density at radius 3 is 2.91 bits per heavy atom. The predicted molar refractivity (Wildman–Crippen MR) is 85.3 cm³/mol. The number of pyridine rings is 1. The van der Waals surface area contributed by atoms with Gasteiger partial charge in [0.1, 0.15) is 18.0 Å². The minimum absolute atomic E-state index is 0.0859. The van der Waals surface area contributed by atoms with E-state index >= 15 is 0 Å². The number of benzene rings is 1. The molecule has 0 saturated heterocycles. The van der Waals surface area contributed by atoms with Crippen molar-refractivity contribution in [3.8, 4) is 5.75 Å². The molecule has 0 radical (unpaired) electrons. The number of hydrogen-bond donors (Lipinski definition) is 1. The lowest BCUT2D eigenvalue weighted by atomic mass is 10.1. The Bertz CT molecular complexity index is 715. The third-order valence-corrected chi connectivity index (χ3v) is 3.80. The summed E-state index contributed by atoms with van der Waals surface area (Å²) in [6, 6.07) is 8.82. The normalized spacial score (nSPS) is 16.5. The first kappa shape index (κ1) is 15.3. The maximum atomic E-state index is 11.9. The Balaban J connectivity index is 2.12. The summed E-state index contributed by atoms with van der Waals surface area (Å²) in [5, 5.41) is 9.69. The number of aliphatic hydroxyl groups excluding tert-OH is 1. The largest absolute Gasteiger partial charge is 0.488 e. The molecule has 1 aromatic heterocycles. The minimum atomic E-state index is -0.457. The molecule has 6 heteroatoms. The van der Waals surface area contributed by atoms with Crippen LogP contribution < -0.4 is 9.64 Å². The smallest absolute Gasteiger partial charge is 0.341 e. The zero-order valence-electron chi connectivity index (χ0n) is 13.0. The van der Waals surface area contributed by atoms with Crippen molar-refractivity contribution < 1.29 is 19.4 Å². The van der Waals surface area contributed by atoms with Crippen molar-refractivity contribution in [2.75, 3.05) is 25.2 Å². The van der Waals surface area contributed by atoms with Gasteiger partial charge in [-0.25, -0.2) is 9.78 Å². The number of esters is 1. The highest BCUT2D eigenvalue weighted by molar-refractivity contribution is 5.95. The van der Waals surface area contributed by atoms with Crippen LogP contribution in [0.4, 0.5) is 11.5 Å². The number of carbonyl (C=O) groups excluding carboxylic acids is 1. The molecule has 1 N–H and O–H groups in total. The van der Waals surface area contributed by atoms with E-state index in [-0.39, 0.29) is 19.3 Å². The first-order valence-electron chi connectivity index (χ1n) is 7.32. The van der Waals surface area contributed by atoms with Crippen molar-refractivity contribution in [3.05, 3.63) is 47.7 Å². The molecule has 120 valence electrons. The van der Waals surface area contributed by atoms with Crippen molar-refractivity contribution in [1.82, 2.24) is 4.98 Å². The van der Waals surface area contributed by atoms with Crippen molar-refractivity contribution in [1.29, 1.82) is 0 Å². The summed E-state index contributed by atoms with van der Waals surface area (Å²) in [6.07, 6.45) is 1.77. The summed E-state index contributed by atoms with van der Waals surface area (Å²) >= 11 is 0. The Labute approximate surface area is 134 Å². The maximum Gasteiger partial charge on any atom is 0.341 e. The zero-order chi connectivity index (χ0) is 16.4. The molecule has 1 atom stereocenters. The first-order chi connectivity index (χ1) is 11.2. The number of nitrogens with zero attached hydrogens (tertiary/aromatic N) is 2.